The standard InChI is InChI=1S/C11H14N2O3S/c12-13-11(14)7-17-8-2-3-9-10(6-8)16-5-1-4-15-9/h2-3,6H,1,4-5,7,12H2,(H,13,14). The van der Waals surface area contributed by atoms with Crippen LogP contribution >= 0.6 is 11.8 Å². The highest BCUT2D eigenvalue weighted by Gasteiger charge is 2.11. The highest BCUT2D eigenvalue weighted by Crippen LogP contribution is 2.33. The number of nitrogens with two attached hydrogens (primary N) is 1. The molecule has 5 nitrogen and oxygen atoms in total. The SMILES string of the molecule is NNC(=O)CSc1ccc2c(c1)OCCCO2. The molecule has 6 heteroatoms. The Hall–Kier alpha value is -1.40. The van der Waals surface area contributed by atoms with Crippen molar-refractivity contribution in [1.29, 1.82) is 0 Å². The second kappa shape index (κ2) is 5.79. The van der Waals surface area contributed by atoms with Gasteiger partial charge in [0.15, 0.2) is 11.5 Å². The van der Waals surface area contributed by atoms with Gasteiger partial charge >= 0.3 is 0 Å². The molecule has 0 aliphatic carbocycles. The van der Waals surface area contributed by atoms with Gasteiger partial charge in [-0.1, -0.05) is 0 Å². The van der Waals surface area contributed by atoms with Crippen LogP contribution in [-0.2, 0) is 4.79 Å². The molecule has 92 valence electrons. The molecule has 1 amide bonds. The molecule has 1 aromatic carbocycles. The van der Waals surface area contributed by atoms with E-state index in [0.717, 1.165) is 22.8 Å². The Balaban J connectivity index is 2.04. The molecule has 1 heterocycles. The predicted octanol–water partition coefficient (Wildman–Crippen LogP) is 0.930. The highest BCUT2D eigenvalue weighted by atomic mass is 32.2. The van der Waals surface area contributed by atoms with Gasteiger partial charge in [-0.3, -0.25) is 10.2 Å². The van der Waals surface area contributed by atoms with Crippen LogP contribution in [-0.4, -0.2) is 24.9 Å². The zero-order valence-corrected chi connectivity index (χ0v) is 10.1. The molecule has 0 radical (unpaired) electrons. The molecule has 1 aliphatic heterocycles. The summed E-state index contributed by atoms with van der Waals surface area (Å²) in [6, 6.07) is 5.65. The van der Waals surface area contributed by atoms with E-state index < -0.39 is 0 Å². The molecule has 0 saturated carbocycles. The molecule has 0 aromatic heterocycles. The van der Waals surface area contributed by atoms with Crippen molar-refractivity contribution in [1.82, 2.24) is 5.43 Å². The molecule has 0 saturated heterocycles. The van der Waals surface area contributed by atoms with Gasteiger partial charge in [-0.25, -0.2) is 5.84 Å². The van der Waals surface area contributed by atoms with Crippen LogP contribution in [0.5, 0.6) is 11.5 Å². The number of fused-ring (bicyclic) bond motifs is 1. The Bertz CT molecular complexity index is 412. The number of hydrazine groups is 1. The van der Waals surface area contributed by atoms with E-state index in [-0.39, 0.29) is 11.7 Å². The van der Waals surface area contributed by atoms with Crippen LogP contribution in [0.1, 0.15) is 6.42 Å². The number of carbonyl (C=O) groups excluding carboxylic acids is 1. The number of rotatable bonds is 3. The van der Waals surface area contributed by atoms with Crippen LogP contribution in [0.2, 0.25) is 0 Å². The summed E-state index contributed by atoms with van der Waals surface area (Å²) in [4.78, 5) is 12.0. The second-order valence-corrected chi connectivity index (χ2v) is 4.56. The molecule has 17 heavy (non-hydrogen) atoms. The average molecular weight is 254 g/mol. The minimum atomic E-state index is -0.206. The van der Waals surface area contributed by atoms with Crippen LogP contribution in [0, 0.1) is 0 Å². The summed E-state index contributed by atoms with van der Waals surface area (Å²) in [5, 5.41) is 0. The fourth-order valence-corrected chi connectivity index (χ4v) is 2.16. The Morgan fingerprint density at radius 2 is 2.12 bits per heavy atom. The van der Waals surface area contributed by atoms with E-state index in [1.807, 2.05) is 18.2 Å². The van der Waals surface area contributed by atoms with Gasteiger partial charge < -0.3 is 9.47 Å². The van der Waals surface area contributed by atoms with Gasteiger partial charge in [-0.05, 0) is 18.2 Å². The van der Waals surface area contributed by atoms with E-state index in [2.05, 4.69) is 5.43 Å². The maximum Gasteiger partial charge on any atom is 0.244 e. The number of carbonyl (C=O) groups is 1. The maximum atomic E-state index is 11.0. The summed E-state index contributed by atoms with van der Waals surface area (Å²) >= 11 is 1.41. The fraction of sp³-hybridized carbons (Fsp3) is 0.364. The molecular formula is C11H14N2O3S. The van der Waals surface area contributed by atoms with Gasteiger partial charge in [-0.2, -0.15) is 0 Å². The zero-order chi connectivity index (χ0) is 12.1. The van der Waals surface area contributed by atoms with Gasteiger partial charge in [0.2, 0.25) is 5.91 Å². The summed E-state index contributed by atoms with van der Waals surface area (Å²) in [5.41, 5.74) is 2.09. The van der Waals surface area contributed by atoms with Crippen molar-refractivity contribution in [3.63, 3.8) is 0 Å². The van der Waals surface area contributed by atoms with Gasteiger partial charge in [-0.15, -0.1) is 11.8 Å². The van der Waals surface area contributed by atoms with Crippen molar-refractivity contribution >= 4 is 17.7 Å². The molecule has 0 fully saturated rings. The van der Waals surface area contributed by atoms with E-state index in [4.69, 9.17) is 15.3 Å². The summed E-state index contributed by atoms with van der Waals surface area (Å²) in [7, 11) is 0. The van der Waals surface area contributed by atoms with Crippen LogP contribution < -0.4 is 20.7 Å². The van der Waals surface area contributed by atoms with Crippen molar-refractivity contribution in [3.8, 4) is 11.5 Å². The summed E-state index contributed by atoms with van der Waals surface area (Å²) in [6.45, 7) is 1.33. The molecule has 0 spiro atoms. The number of hydrogen-bond donors (Lipinski definition) is 2. The van der Waals surface area contributed by atoms with E-state index in [1.165, 1.54) is 11.8 Å². The molecular weight excluding hydrogens is 240 g/mol. The number of nitrogens with one attached hydrogen (secondary N) is 1. The summed E-state index contributed by atoms with van der Waals surface area (Å²) < 4.78 is 11.1. The highest BCUT2D eigenvalue weighted by molar-refractivity contribution is 8.00. The monoisotopic (exact) mass is 254 g/mol. The molecule has 0 bridgehead atoms. The Morgan fingerprint density at radius 3 is 2.88 bits per heavy atom. The van der Waals surface area contributed by atoms with E-state index in [0.29, 0.717) is 13.2 Å². The van der Waals surface area contributed by atoms with Gasteiger partial charge in [0.05, 0.1) is 19.0 Å². The minimum Gasteiger partial charge on any atom is -0.490 e. The Labute approximate surface area is 104 Å². The third-order valence-electron chi connectivity index (χ3n) is 2.25. The number of amides is 1. The van der Waals surface area contributed by atoms with Crippen LogP contribution in [0.25, 0.3) is 0 Å². The Morgan fingerprint density at radius 1 is 1.35 bits per heavy atom. The molecule has 1 aromatic rings. The van der Waals surface area contributed by atoms with Crippen molar-refractivity contribution < 1.29 is 14.3 Å². The van der Waals surface area contributed by atoms with Crippen molar-refractivity contribution in [3.05, 3.63) is 18.2 Å². The molecule has 3 N–H and O–H groups in total. The van der Waals surface area contributed by atoms with Gasteiger partial charge in [0, 0.05) is 11.3 Å². The third kappa shape index (κ3) is 3.28. The van der Waals surface area contributed by atoms with E-state index in [9.17, 15) is 4.79 Å². The van der Waals surface area contributed by atoms with E-state index >= 15 is 0 Å². The smallest absolute Gasteiger partial charge is 0.244 e. The lowest BCUT2D eigenvalue weighted by Gasteiger charge is -2.08. The first kappa shape index (κ1) is 12.1. The Kier molecular flexibility index (Phi) is 4.11. The lowest BCUT2D eigenvalue weighted by Crippen LogP contribution is -2.31. The van der Waals surface area contributed by atoms with Crippen molar-refractivity contribution in [2.75, 3.05) is 19.0 Å². The van der Waals surface area contributed by atoms with Crippen LogP contribution in [0.3, 0.4) is 0 Å². The first-order valence-electron chi connectivity index (χ1n) is 5.31. The molecule has 2 rings (SSSR count). The van der Waals surface area contributed by atoms with Gasteiger partial charge in [0.25, 0.3) is 0 Å². The lowest BCUT2D eigenvalue weighted by molar-refractivity contribution is -0.118. The van der Waals surface area contributed by atoms with Crippen molar-refractivity contribution in [2.24, 2.45) is 5.84 Å². The van der Waals surface area contributed by atoms with Gasteiger partial charge in [0.1, 0.15) is 0 Å². The topological polar surface area (TPSA) is 73.6 Å². The minimum absolute atomic E-state index is 0.206. The maximum absolute atomic E-state index is 11.0. The summed E-state index contributed by atoms with van der Waals surface area (Å²) in [5.74, 6) is 6.59. The first-order chi connectivity index (χ1) is 8.29. The third-order valence-corrected chi connectivity index (χ3v) is 3.24. The number of benzene rings is 1. The summed E-state index contributed by atoms with van der Waals surface area (Å²) in [6.07, 6.45) is 0.882. The molecule has 0 unspecified atom stereocenters. The predicted molar refractivity (Wildman–Crippen MR) is 65.1 cm³/mol. The number of hydrogen-bond acceptors (Lipinski definition) is 5. The first-order valence-corrected chi connectivity index (χ1v) is 6.30. The quantitative estimate of drug-likeness (QED) is 0.363. The fourth-order valence-electron chi connectivity index (χ4n) is 1.42. The van der Waals surface area contributed by atoms with Crippen LogP contribution in [0.15, 0.2) is 23.1 Å². The van der Waals surface area contributed by atoms with Crippen LogP contribution in [0.4, 0.5) is 0 Å². The largest absolute Gasteiger partial charge is 0.490 e. The molecule has 0 atom stereocenters. The van der Waals surface area contributed by atoms with Crippen molar-refractivity contribution in [2.45, 2.75) is 11.3 Å². The zero-order valence-electron chi connectivity index (χ0n) is 9.27. The normalized spacial score (nSPS) is 13.9. The number of thioether (sulfide) groups is 1. The molecule has 1 aliphatic rings. The lowest BCUT2D eigenvalue weighted by atomic mass is 10.3. The number of ether oxygens (including phenoxy) is 2. The van der Waals surface area contributed by atoms with E-state index in [1.54, 1.807) is 0 Å². The average Bonchev–Trinajstić information content (AvgIpc) is 2.60. The second-order valence-electron chi connectivity index (χ2n) is 3.52.